The Bertz CT molecular complexity index is 1710. The lowest BCUT2D eigenvalue weighted by molar-refractivity contribution is -0.185. The van der Waals surface area contributed by atoms with Gasteiger partial charge in [0.1, 0.15) is 18.2 Å². The molecule has 2 atom stereocenters. The number of fused-ring (bicyclic) bond motifs is 3. The summed E-state index contributed by atoms with van der Waals surface area (Å²) in [4.78, 5) is 39.7. The van der Waals surface area contributed by atoms with Gasteiger partial charge in [0.15, 0.2) is 0 Å². The molecule has 2 amide bonds. The Balaban J connectivity index is 1.62. The number of carbonyl (C=O) groups is 2. The number of hydroxylamine groups is 2. The van der Waals surface area contributed by atoms with Gasteiger partial charge in [-0.3, -0.25) is 9.63 Å². The summed E-state index contributed by atoms with van der Waals surface area (Å²) in [5.41, 5.74) is 9.77. The third-order valence-electron chi connectivity index (χ3n) is 13.2. The van der Waals surface area contributed by atoms with Crippen LogP contribution in [0.2, 0.25) is 0 Å². The quantitative estimate of drug-likeness (QED) is 0.0256. The van der Waals surface area contributed by atoms with Crippen LogP contribution < -0.4 is 16.4 Å². The van der Waals surface area contributed by atoms with Crippen molar-refractivity contribution in [2.75, 3.05) is 39.5 Å². The number of nitrogens with zero attached hydrogens (tertiary/aromatic N) is 2. The van der Waals surface area contributed by atoms with Crippen molar-refractivity contribution in [2.24, 2.45) is 10.9 Å². The molecule has 0 saturated carbocycles. The molecule has 0 heterocycles. The molecule has 1 aliphatic rings. The maximum atomic E-state index is 14.2. The van der Waals surface area contributed by atoms with Crippen molar-refractivity contribution >= 4 is 18.0 Å². The maximum absolute atomic E-state index is 14.2. The lowest BCUT2D eigenvalue weighted by atomic mass is 9.98. The Morgan fingerprint density at radius 2 is 1.11 bits per heavy atom. The van der Waals surface area contributed by atoms with E-state index in [0.29, 0.717) is 26.2 Å². The fraction of sp³-hybridized carbons (Fsp3) is 0.750. The van der Waals surface area contributed by atoms with Crippen LogP contribution in [0.5, 0.6) is 0 Å². The first-order chi connectivity index (χ1) is 34.7. The van der Waals surface area contributed by atoms with Crippen molar-refractivity contribution in [3.8, 4) is 11.1 Å². The van der Waals surface area contributed by atoms with Crippen molar-refractivity contribution in [3.05, 3.63) is 59.7 Å². The van der Waals surface area contributed by atoms with E-state index in [1.807, 2.05) is 65.8 Å². The Hall–Kier alpha value is -3.87. The maximum Gasteiger partial charge on any atom is 0.407 e. The van der Waals surface area contributed by atoms with E-state index in [1.54, 1.807) is 0 Å². The van der Waals surface area contributed by atoms with Gasteiger partial charge in [-0.1, -0.05) is 204 Å². The zero-order valence-corrected chi connectivity index (χ0v) is 46.8. The fourth-order valence-electron chi connectivity index (χ4n) is 9.21. The van der Waals surface area contributed by atoms with Crippen LogP contribution in [0, 0.1) is 0 Å². The van der Waals surface area contributed by atoms with E-state index >= 15 is 0 Å². The van der Waals surface area contributed by atoms with Gasteiger partial charge in [-0.25, -0.2) is 9.86 Å². The molecule has 72 heavy (non-hydrogen) atoms. The van der Waals surface area contributed by atoms with Crippen LogP contribution >= 0.6 is 0 Å². The van der Waals surface area contributed by atoms with Crippen molar-refractivity contribution in [2.45, 2.75) is 252 Å². The highest BCUT2D eigenvalue weighted by atomic mass is 16.7. The van der Waals surface area contributed by atoms with Crippen LogP contribution in [0.4, 0.5) is 4.79 Å². The predicted octanol–water partition coefficient (Wildman–Crippen LogP) is 14.7. The number of oxime groups is 1. The Kier molecular flexibility index (Phi) is 32.0. The van der Waals surface area contributed by atoms with Gasteiger partial charge in [-0.2, -0.15) is 0 Å². The number of nitrogens with one attached hydrogen (secondary N) is 2. The van der Waals surface area contributed by atoms with Gasteiger partial charge in [-0.15, -0.1) is 0 Å². The number of alkyl carbamates (subject to hydrolysis) is 1. The summed E-state index contributed by atoms with van der Waals surface area (Å²) in [7, 11) is 0. The minimum atomic E-state index is -0.917. The van der Waals surface area contributed by atoms with Gasteiger partial charge in [0, 0.05) is 32.2 Å². The molecule has 4 N–H and O–H groups in total. The molecule has 0 radical (unpaired) electrons. The van der Waals surface area contributed by atoms with Crippen molar-refractivity contribution in [3.63, 3.8) is 0 Å². The zero-order chi connectivity index (χ0) is 52.3. The molecule has 1 unspecified atom stereocenters. The largest absolute Gasteiger partial charge is 0.449 e. The van der Waals surface area contributed by atoms with Gasteiger partial charge in [0.05, 0.1) is 18.3 Å². The highest BCUT2D eigenvalue weighted by Crippen LogP contribution is 2.44. The van der Waals surface area contributed by atoms with Crippen LogP contribution in [0.1, 0.15) is 239 Å². The van der Waals surface area contributed by atoms with Crippen LogP contribution in [0.25, 0.3) is 11.1 Å². The second-order valence-electron chi connectivity index (χ2n) is 22.2. The minimum absolute atomic E-state index is 0.0574. The van der Waals surface area contributed by atoms with E-state index in [1.165, 1.54) is 133 Å². The highest BCUT2D eigenvalue weighted by molar-refractivity contribution is 5.86. The van der Waals surface area contributed by atoms with Gasteiger partial charge >= 0.3 is 6.09 Å². The first-order valence-corrected chi connectivity index (χ1v) is 28.8. The number of hydrogen-bond donors (Lipinski definition) is 3. The topological polar surface area (TPSA) is 146 Å². The van der Waals surface area contributed by atoms with Crippen LogP contribution in [-0.4, -0.2) is 85.9 Å². The number of unbranched alkanes of at least 4 members (excludes halogenated alkanes) is 22. The number of ether oxygens (including phenoxy) is 3. The third-order valence-corrected chi connectivity index (χ3v) is 13.2. The number of amides is 2. The van der Waals surface area contributed by atoms with Crippen LogP contribution in [0.15, 0.2) is 53.7 Å². The molecule has 0 aliphatic heterocycles. The van der Waals surface area contributed by atoms with Gasteiger partial charge in [0.25, 0.3) is 5.96 Å². The van der Waals surface area contributed by atoms with E-state index in [2.05, 4.69) is 53.9 Å². The standard InChI is InChI=1S/C60H103N5O7/c1-9-11-13-15-17-19-21-23-25-27-29-35-44-68-47-49(69-45-36-30-28-26-24-22-20-18-16-14-12-10-2)46-62-56(66)55(42-37-43-65(72-60(6,7)8)57(61)64-71-59(3,4)5)63-58(67)70-48-54-52-40-33-31-38-50(52)51-39-32-34-41-53(51)54/h31-34,38-41,49,54-55H,9-30,35-37,42-48H2,1-8H3,(H2,61,64)(H,62,66)(H,63,67)/t49?,55-/m0/s1. The second kappa shape index (κ2) is 37.0. The van der Waals surface area contributed by atoms with Crippen LogP contribution in [-0.2, 0) is 28.7 Å². The van der Waals surface area contributed by atoms with E-state index in [9.17, 15) is 9.59 Å². The summed E-state index contributed by atoms with van der Waals surface area (Å²) in [6.07, 6.45) is 30.5. The number of nitrogens with two attached hydrogens (primary N) is 1. The molecule has 0 aromatic heterocycles. The van der Waals surface area contributed by atoms with E-state index in [0.717, 1.165) is 47.9 Å². The first-order valence-electron chi connectivity index (χ1n) is 28.8. The molecule has 1 aliphatic carbocycles. The van der Waals surface area contributed by atoms with Crippen molar-refractivity contribution in [1.82, 2.24) is 15.7 Å². The first kappa shape index (κ1) is 62.4. The van der Waals surface area contributed by atoms with Gasteiger partial charge in [-0.05, 0) is 94.6 Å². The molecule has 0 bridgehead atoms. The summed E-state index contributed by atoms with van der Waals surface area (Å²) in [5.74, 6) is -0.388. The molecule has 12 heteroatoms. The highest BCUT2D eigenvalue weighted by Gasteiger charge is 2.30. The minimum Gasteiger partial charge on any atom is -0.449 e. The average molecular weight is 1010 g/mol. The second-order valence-corrected chi connectivity index (χ2v) is 22.2. The monoisotopic (exact) mass is 1010 g/mol. The van der Waals surface area contributed by atoms with Gasteiger partial charge < -0.3 is 35.4 Å². The Morgan fingerprint density at radius 1 is 0.639 bits per heavy atom. The molecular weight excluding hydrogens is 903 g/mol. The number of guanidine groups is 1. The molecule has 410 valence electrons. The number of benzene rings is 2. The van der Waals surface area contributed by atoms with Crippen molar-refractivity contribution in [1.29, 1.82) is 0 Å². The fourth-order valence-corrected chi connectivity index (χ4v) is 9.21. The molecule has 12 nitrogen and oxygen atoms in total. The normalized spacial score (nSPS) is 13.6. The molecular formula is C60H103N5O7. The number of rotatable bonds is 41. The Labute approximate surface area is 438 Å². The number of hydrogen-bond acceptors (Lipinski definition) is 8. The molecule has 3 rings (SSSR count). The summed E-state index contributed by atoms with van der Waals surface area (Å²) < 4.78 is 18.6. The summed E-state index contributed by atoms with van der Waals surface area (Å²) in [6, 6.07) is 15.5. The predicted molar refractivity (Wildman–Crippen MR) is 297 cm³/mol. The van der Waals surface area contributed by atoms with E-state index < -0.39 is 23.3 Å². The average Bonchev–Trinajstić information content (AvgIpc) is 3.67. The van der Waals surface area contributed by atoms with E-state index in [4.69, 9.17) is 29.6 Å². The SMILES string of the molecule is CCCCCCCCCCCCCCOCC(CNC(=O)[C@H](CCCN(OC(C)(C)C)C(N)=NOC(C)(C)C)NC(=O)OCC1c2ccccc2-c2ccccc21)OCCCCCCCCCCCCCC. The smallest absolute Gasteiger partial charge is 0.407 e. The molecule has 2 aromatic rings. The lowest BCUT2D eigenvalue weighted by Crippen LogP contribution is -2.50. The summed E-state index contributed by atoms with van der Waals surface area (Å²) >= 11 is 0. The lowest BCUT2D eigenvalue weighted by Gasteiger charge is -2.31. The summed E-state index contributed by atoms with van der Waals surface area (Å²) in [6.45, 7) is 18.3. The molecule has 0 saturated heterocycles. The zero-order valence-electron chi connectivity index (χ0n) is 46.8. The third kappa shape index (κ3) is 28.0. The summed E-state index contributed by atoms with van der Waals surface area (Å²) in [5, 5.41) is 11.7. The Morgan fingerprint density at radius 3 is 1.60 bits per heavy atom. The van der Waals surface area contributed by atoms with E-state index in [-0.39, 0.29) is 50.0 Å². The molecule has 2 aromatic carbocycles. The van der Waals surface area contributed by atoms with Crippen LogP contribution in [0.3, 0.4) is 0 Å². The number of carbonyl (C=O) groups excluding carboxylic acids is 2. The van der Waals surface area contributed by atoms with Gasteiger partial charge in [0.2, 0.25) is 5.91 Å². The van der Waals surface area contributed by atoms with Crippen molar-refractivity contribution < 1.29 is 33.5 Å². The molecule has 0 spiro atoms. The molecule has 0 fully saturated rings.